The molecule has 6 nitrogen and oxygen atoms in total. The van der Waals surface area contributed by atoms with Crippen molar-refractivity contribution in [2.45, 2.75) is 24.8 Å². The highest BCUT2D eigenvalue weighted by atomic mass is 32.2. The fourth-order valence-electron chi connectivity index (χ4n) is 1.48. The standard InChI is InChI=1S/C11H17NO5S2/c1-7-6-18-9(11(14)17-4)10(7)19(15,16)12(3)8(2)5-13/h6,8,13H,5H2,1-4H3. The molecule has 0 aliphatic carbocycles. The number of aliphatic hydroxyl groups is 1. The number of carbonyl (C=O) groups is 1. The largest absolute Gasteiger partial charge is 0.465 e. The molecule has 1 aromatic rings. The van der Waals surface area contributed by atoms with Gasteiger partial charge in [-0.2, -0.15) is 4.31 Å². The Bertz CT molecular complexity index is 564. The third-order valence-corrected chi connectivity index (χ3v) is 6.18. The SMILES string of the molecule is COC(=O)c1scc(C)c1S(=O)(=O)N(C)C(C)CO. The van der Waals surface area contributed by atoms with E-state index in [0.29, 0.717) is 5.56 Å². The van der Waals surface area contributed by atoms with Crippen LogP contribution in [0.4, 0.5) is 0 Å². The van der Waals surface area contributed by atoms with Crippen LogP contribution in [0.5, 0.6) is 0 Å². The quantitative estimate of drug-likeness (QED) is 0.815. The molecule has 0 aromatic carbocycles. The lowest BCUT2D eigenvalue weighted by Crippen LogP contribution is -2.37. The Morgan fingerprint density at radius 1 is 1.58 bits per heavy atom. The monoisotopic (exact) mass is 307 g/mol. The molecule has 1 atom stereocenters. The van der Waals surface area contributed by atoms with Crippen molar-refractivity contribution in [3.05, 3.63) is 15.8 Å². The predicted octanol–water partition coefficient (Wildman–Crippen LogP) is 0.844. The minimum Gasteiger partial charge on any atom is -0.465 e. The second-order valence-corrected chi connectivity index (χ2v) is 6.94. The van der Waals surface area contributed by atoms with E-state index in [0.717, 1.165) is 15.6 Å². The number of nitrogens with zero attached hydrogens (tertiary/aromatic N) is 1. The molecule has 1 unspecified atom stereocenters. The van der Waals surface area contributed by atoms with E-state index in [1.807, 2.05) is 0 Å². The normalized spacial score (nSPS) is 13.6. The van der Waals surface area contributed by atoms with E-state index in [1.54, 1.807) is 19.2 Å². The highest BCUT2D eigenvalue weighted by molar-refractivity contribution is 7.89. The first-order chi connectivity index (χ1) is 8.77. The van der Waals surface area contributed by atoms with Crippen LogP contribution < -0.4 is 0 Å². The third kappa shape index (κ3) is 2.97. The smallest absolute Gasteiger partial charge is 0.349 e. The molecule has 0 aliphatic heterocycles. The van der Waals surface area contributed by atoms with Gasteiger partial charge in [0.05, 0.1) is 13.7 Å². The van der Waals surface area contributed by atoms with Crippen LogP contribution in [0.1, 0.15) is 22.2 Å². The summed E-state index contributed by atoms with van der Waals surface area (Å²) in [6.07, 6.45) is 0. The summed E-state index contributed by atoms with van der Waals surface area (Å²) >= 11 is 1.03. The highest BCUT2D eigenvalue weighted by Crippen LogP contribution is 2.30. The molecule has 1 aromatic heterocycles. The van der Waals surface area contributed by atoms with E-state index in [2.05, 4.69) is 4.74 Å². The van der Waals surface area contributed by atoms with Gasteiger partial charge in [-0.3, -0.25) is 0 Å². The van der Waals surface area contributed by atoms with Crippen molar-refractivity contribution >= 4 is 27.3 Å². The maximum atomic E-state index is 12.5. The zero-order valence-corrected chi connectivity index (χ0v) is 12.8. The fourth-order valence-corrected chi connectivity index (χ4v) is 4.49. The van der Waals surface area contributed by atoms with E-state index >= 15 is 0 Å². The molecule has 1 heterocycles. The van der Waals surface area contributed by atoms with Gasteiger partial charge in [0.2, 0.25) is 10.0 Å². The topological polar surface area (TPSA) is 83.9 Å². The summed E-state index contributed by atoms with van der Waals surface area (Å²) in [5.74, 6) is -0.679. The summed E-state index contributed by atoms with van der Waals surface area (Å²) in [4.78, 5) is 11.6. The minimum atomic E-state index is -3.84. The van der Waals surface area contributed by atoms with Gasteiger partial charge in [-0.15, -0.1) is 11.3 Å². The number of aryl methyl sites for hydroxylation is 1. The van der Waals surface area contributed by atoms with Gasteiger partial charge in [-0.05, 0) is 24.8 Å². The Labute approximate surface area is 116 Å². The molecule has 0 saturated carbocycles. The summed E-state index contributed by atoms with van der Waals surface area (Å²) in [5.41, 5.74) is 0.488. The minimum absolute atomic E-state index is 0.0489. The van der Waals surface area contributed by atoms with Crippen molar-refractivity contribution in [2.24, 2.45) is 0 Å². The Morgan fingerprint density at radius 2 is 2.16 bits per heavy atom. The van der Waals surface area contributed by atoms with Gasteiger partial charge in [-0.25, -0.2) is 13.2 Å². The molecule has 0 saturated heterocycles. The molecule has 1 rings (SSSR count). The highest BCUT2D eigenvalue weighted by Gasteiger charge is 2.32. The molecule has 19 heavy (non-hydrogen) atoms. The number of thiophene rings is 1. The average Bonchev–Trinajstić information content (AvgIpc) is 2.78. The molecule has 0 radical (unpaired) electrons. The van der Waals surface area contributed by atoms with Crippen molar-refractivity contribution in [1.82, 2.24) is 4.31 Å². The van der Waals surface area contributed by atoms with Crippen molar-refractivity contribution in [3.8, 4) is 0 Å². The maximum Gasteiger partial charge on any atom is 0.349 e. The summed E-state index contributed by atoms with van der Waals surface area (Å²) in [6, 6.07) is -0.574. The Morgan fingerprint density at radius 3 is 2.63 bits per heavy atom. The number of likely N-dealkylation sites (N-methyl/N-ethyl adjacent to an activating group) is 1. The van der Waals surface area contributed by atoms with Gasteiger partial charge in [0, 0.05) is 13.1 Å². The van der Waals surface area contributed by atoms with Crippen LogP contribution >= 0.6 is 11.3 Å². The van der Waals surface area contributed by atoms with Gasteiger partial charge in [0.25, 0.3) is 0 Å². The molecule has 8 heteroatoms. The number of sulfonamides is 1. The second kappa shape index (κ2) is 6.00. The number of methoxy groups -OCH3 is 1. The van der Waals surface area contributed by atoms with Crippen LogP contribution in [0.3, 0.4) is 0 Å². The second-order valence-electron chi connectivity index (χ2n) is 4.12. The number of hydrogen-bond donors (Lipinski definition) is 1. The van der Waals surface area contributed by atoms with E-state index < -0.39 is 22.0 Å². The van der Waals surface area contributed by atoms with E-state index in [4.69, 9.17) is 5.11 Å². The number of aliphatic hydroxyl groups excluding tert-OH is 1. The van der Waals surface area contributed by atoms with Gasteiger partial charge in [-0.1, -0.05) is 0 Å². The number of rotatable bonds is 5. The van der Waals surface area contributed by atoms with Gasteiger partial charge in [0.15, 0.2) is 0 Å². The van der Waals surface area contributed by atoms with Crippen LogP contribution in [0.2, 0.25) is 0 Å². The summed E-state index contributed by atoms with van der Waals surface area (Å²) in [5, 5.41) is 10.7. The summed E-state index contributed by atoms with van der Waals surface area (Å²) < 4.78 is 30.6. The maximum absolute atomic E-state index is 12.5. The van der Waals surface area contributed by atoms with Crippen molar-refractivity contribution < 1.29 is 23.1 Å². The summed E-state index contributed by atoms with van der Waals surface area (Å²) in [7, 11) is -1.27. The number of esters is 1. The number of carbonyl (C=O) groups excluding carboxylic acids is 1. The predicted molar refractivity (Wildman–Crippen MR) is 71.9 cm³/mol. The van der Waals surface area contributed by atoms with Crippen LogP contribution in [0.15, 0.2) is 10.3 Å². The lowest BCUT2D eigenvalue weighted by Gasteiger charge is -2.23. The van der Waals surface area contributed by atoms with Crippen molar-refractivity contribution in [1.29, 1.82) is 0 Å². The molecule has 0 spiro atoms. The number of hydrogen-bond acceptors (Lipinski definition) is 6. The van der Waals surface area contributed by atoms with E-state index in [1.165, 1.54) is 14.2 Å². The Balaban J connectivity index is 3.37. The molecule has 0 amide bonds. The van der Waals surface area contributed by atoms with Crippen LogP contribution in [-0.2, 0) is 14.8 Å². The number of ether oxygens (including phenoxy) is 1. The third-order valence-electron chi connectivity index (χ3n) is 2.81. The first-order valence-electron chi connectivity index (χ1n) is 5.52. The molecular weight excluding hydrogens is 290 g/mol. The molecule has 0 fully saturated rings. The van der Waals surface area contributed by atoms with Crippen LogP contribution in [0, 0.1) is 6.92 Å². The lowest BCUT2D eigenvalue weighted by atomic mass is 10.3. The van der Waals surface area contributed by atoms with Crippen molar-refractivity contribution in [3.63, 3.8) is 0 Å². The first-order valence-corrected chi connectivity index (χ1v) is 7.84. The summed E-state index contributed by atoms with van der Waals surface area (Å²) in [6.45, 7) is 2.90. The van der Waals surface area contributed by atoms with Crippen LogP contribution in [-0.4, -0.2) is 50.6 Å². The zero-order chi connectivity index (χ0) is 14.8. The molecule has 108 valence electrons. The fraction of sp³-hybridized carbons (Fsp3) is 0.545. The van der Waals surface area contributed by atoms with Gasteiger partial charge in [0.1, 0.15) is 9.77 Å². The first kappa shape index (κ1) is 16.1. The van der Waals surface area contributed by atoms with Crippen molar-refractivity contribution in [2.75, 3.05) is 20.8 Å². The van der Waals surface area contributed by atoms with Gasteiger partial charge >= 0.3 is 5.97 Å². The van der Waals surface area contributed by atoms with Gasteiger partial charge < -0.3 is 9.84 Å². The molecule has 1 N–H and O–H groups in total. The van der Waals surface area contributed by atoms with E-state index in [9.17, 15) is 13.2 Å². The van der Waals surface area contributed by atoms with E-state index in [-0.39, 0.29) is 16.4 Å². The Hall–Kier alpha value is -0.960. The molecular formula is C11H17NO5S2. The lowest BCUT2D eigenvalue weighted by molar-refractivity contribution is 0.0602. The molecule has 0 bridgehead atoms. The van der Waals surface area contributed by atoms with Crippen LogP contribution in [0.25, 0.3) is 0 Å². The Kier molecular flexibility index (Phi) is 5.08. The zero-order valence-electron chi connectivity index (χ0n) is 11.2. The molecule has 0 aliphatic rings. The average molecular weight is 307 g/mol.